The normalized spacial score (nSPS) is 18.9. The number of halogens is 2. The van der Waals surface area contributed by atoms with Crippen LogP contribution in [0.15, 0.2) is 48.5 Å². The first-order chi connectivity index (χ1) is 16.4. The maximum absolute atomic E-state index is 13.7. The van der Waals surface area contributed by atoms with Crippen LogP contribution in [0.3, 0.4) is 0 Å². The molecular weight excluding hydrogens is 440 g/mol. The van der Waals surface area contributed by atoms with Crippen LogP contribution in [0, 0.1) is 17.6 Å². The molecule has 2 aromatic carbocycles. The maximum atomic E-state index is 13.7. The lowest BCUT2D eigenvalue weighted by Crippen LogP contribution is -2.50. The average Bonchev–Trinajstić information content (AvgIpc) is 3.23. The van der Waals surface area contributed by atoms with Crippen molar-refractivity contribution in [2.45, 2.75) is 38.6 Å². The van der Waals surface area contributed by atoms with Gasteiger partial charge >= 0.3 is 0 Å². The Hall–Kier alpha value is -3.29. The van der Waals surface area contributed by atoms with Crippen molar-refractivity contribution in [1.29, 1.82) is 0 Å². The molecule has 1 unspecified atom stereocenters. The number of anilines is 1. The Morgan fingerprint density at radius 1 is 1.03 bits per heavy atom. The van der Waals surface area contributed by atoms with E-state index in [2.05, 4.69) is 0 Å². The van der Waals surface area contributed by atoms with Crippen LogP contribution in [-0.2, 0) is 9.59 Å². The molecule has 4 rings (SSSR count). The summed E-state index contributed by atoms with van der Waals surface area (Å²) in [4.78, 5) is 43.7. The van der Waals surface area contributed by atoms with Crippen molar-refractivity contribution in [3.8, 4) is 0 Å². The molecule has 2 saturated heterocycles. The molecule has 34 heavy (non-hydrogen) atoms. The predicted molar refractivity (Wildman–Crippen MR) is 124 cm³/mol. The number of rotatable bonds is 6. The highest BCUT2D eigenvalue weighted by atomic mass is 19.1. The van der Waals surface area contributed by atoms with E-state index in [1.807, 2.05) is 34.9 Å². The first kappa shape index (κ1) is 23.9. The summed E-state index contributed by atoms with van der Waals surface area (Å²) in [5.41, 5.74) is 0.786. The summed E-state index contributed by atoms with van der Waals surface area (Å²) in [6.07, 6.45) is 2.13. The van der Waals surface area contributed by atoms with Crippen molar-refractivity contribution < 1.29 is 23.2 Å². The fourth-order valence-electron chi connectivity index (χ4n) is 4.91. The van der Waals surface area contributed by atoms with Crippen molar-refractivity contribution in [1.82, 2.24) is 9.80 Å². The lowest BCUT2D eigenvalue weighted by Gasteiger charge is -2.39. The number of carbonyl (C=O) groups is 3. The van der Waals surface area contributed by atoms with E-state index in [4.69, 9.17) is 0 Å². The predicted octanol–water partition coefficient (Wildman–Crippen LogP) is 3.86. The minimum absolute atomic E-state index is 0.00762. The third kappa shape index (κ3) is 5.11. The zero-order chi connectivity index (χ0) is 24.2. The van der Waals surface area contributed by atoms with E-state index in [-0.39, 0.29) is 42.4 Å². The molecule has 2 aromatic rings. The van der Waals surface area contributed by atoms with Crippen LogP contribution in [0.5, 0.6) is 0 Å². The average molecular weight is 470 g/mol. The largest absolute Gasteiger partial charge is 0.339 e. The Kier molecular flexibility index (Phi) is 7.24. The lowest BCUT2D eigenvalue weighted by molar-refractivity contribution is -0.139. The Morgan fingerprint density at radius 2 is 1.68 bits per heavy atom. The van der Waals surface area contributed by atoms with Crippen LogP contribution in [0.1, 0.15) is 43.0 Å². The van der Waals surface area contributed by atoms with Gasteiger partial charge in [-0.15, -0.1) is 0 Å². The highest BCUT2D eigenvalue weighted by Crippen LogP contribution is 2.29. The number of amides is 3. The number of carbonyl (C=O) groups excluding carboxylic acids is 3. The van der Waals surface area contributed by atoms with Crippen molar-refractivity contribution >= 4 is 23.4 Å². The molecule has 0 radical (unpaired) electrons. The van der Waals surface area contributed by atoms with Crippen molar-refractivity contribution in [2.24, 2.45) is 5.92 Å². The van der Waals surface area contributed by atoms with Gasteiger partial charge in [-0.3, -0.25) is 14.4 Å². The van der Waals surface area contributed by atoms with Crippen LogP contribution >= 0.6 is 0 Å². The van der Waals surface area contributed by atoms with Crippen LogP contribution in [-0.4, -0.2) is 59.7 Å². The van der Waals surface area contributed by atoms with Gasteiger partial charge in [-0.1, -0.05) is 25.1 Å². The van der Waals surface area contributed by atoms with Crippen molar-refractivity contribution in [3.63, 3.8) is 0 Å². The van der Waals surface area contributed by atoms with Gasteiger partial charge in [0.2, 0.25) is 11.8 Å². The minimum atomic E-state index is -0.762. The third-order valence-corrected chi connectivity index (χ3v) is 6.59. The number of hydrogen-bond donors (Lipinski definition) is 0. The molecule has 0 bridgehead atoms. The molecule has 0 aliphatic carbocycles. The van der Waals surface area contributed by atoms with Crippen LogP contribution < -0.4 is 4.90 Å². The molecule has 2 heterocycles. The van der Waals surface area contributed by atoms with Crippen LogP contribution in [0.2, 0.25) is 0 Å². The Bertz CT molecular complexity index is 1030. The Labute approximate surface area is 198 Å². The van der Waals surface area contributed by atoms with Gasteiger partial charge in [0.15, 0.2) is 0 Å². The molecule has 2 aliphatic heterocycles. The Balaban J connectivity index is 1.41. The number of benzene rings is 2. The first-order valence-electron chi connectivity index (χ1n) is 11.8. The van der Waals surface area contributed by atoms with Gasteiger partial charge in [0.1, 0.15) is 11.6 Å². The van der Waals surface area contributed by atoms with E-state index in [0.717, 1.165) is 24.6 Å². The fourth-order valence-corrected chi connectivity index (χ4v) is 4.91. The molecule has 6 nitrogen and oxygen atoms in total. The highest BCUT2D eigenvalue weighted by molar-refractivity contribution is 6.00. The molecule has 8 heteroatoms. The number of nitrogens with zero attached hydrogens (tertiary/aromatic N) is 3. The van der Waals surface area contributed by atoms with Crippen LogP contribution in [0.25, 0.3) is 0 Å². The van der Waals surface area contributed by atoms with Crippen molar-refractivity contribution in [2.75, 3.05) is 31.1 Å². The van der Waals surface area contributed by atoms with Crippen LogP contribution in [0.4, 0.5) is 14.5 Å². The van der Waals surface area contributed by atoms with Gasteiger partial charge in [0, 0.05) is 56.0 Å². The van der Waals surface area contributed by atoms with E-state index in [1.54, 1.807) is 12.1 Å². The molecule has 2 fully saturated rings. The second kappa shape index (κ2) is 10.3. The van der Waals surface area contributed by atoms with E-state index < -0.39 is 17.6 Å². The topological polar surface area (TPSA) is 60.9 Å². The molecular formula is C26H29F2N3O3. The van der Waals surface area contributed by atoms with E-state index in [9.17, 15) is 23.2 Å². The highest BCUT2D eigenvalue weighted by Gasteiger charge is 2.39. The zero-order valence-corrected chi connectivity index (χ0v) is 19.3. The number of likely N-dealkylation sites (tertiary alicyclic amines) is 1. The third-order valence-electron chi connectivity index (χ3n) is 6.59. The van der Waals surface area contributed by atoms with E-state index in [0.29, 0.717) is 38.0 Å². The summed E-state index contributed by atoms with van der Waals surface area (Å²) in [5.74, 6) is -2.52. The summed E-state index contributed by atoms with van der Waals surface area (Å²) in [5, 5.41) is 0. The molecule has 0 N–H and O–H groups in total. The molecule has 3 amide bonds. The van der Waals surface area contributed by atoms with Gasteiger partial charge in [-0.05, 0) is 43.5 Å². The summed E-state index contributed by atoms with van der Waals surface area (Å²) in [6, 6.07) is 12.1. The summed E-state index contributed by atoms with van der Waals surface area (Å²) in [7, 11) is 0. The molecule has 0 spiro atoms. The summed E-state index contributed by atoms with van der Waals surface area (Å²) < 4.78 is 27.3. The SMILES string of the molecule is CCCN(C(=O)C1CC(=O)N(c2cc(F)cc(F)c2)C1)C1CCN(C(=O)c2ccccc2)CC1. The first-order valence-corrected chi connectivity index (χ1v) is 11.8. The fraction of sp³-hybridized carbons (Fsp3) is 0.423. The molecule has 0 aromatic heterocycles. The summed E-state index contributed by atoms with van der Waals surface area (Å²) in [6.45, 7) is 3.78. The smallest absolute Gasteiger partial charge is 0.253 e. The molecule has 1 atom stereocenters. The van der Waals surface area contributed by atoms with Gasteiger partial charge in [0.25, 0.3) is 5.91 Å². The van der Waals surface area contributed by atoms with Gasteiger partial charge < -0.3 is 14.7 Å². The Morgan fingerprint density at radius 3 is 2.29 bits per heavy atom. The number of hydrogen-bond acceptors (Lipinski definition) is 3. The molecule has 0 saturated carbocycles. The second-order valence-electron chi connectivity index (χ2n) is 8.95. The standard InChI is InChI=1S/C26H29F2N3O3/c1-2-10-30(22-8-11-29(12-9-22)25(33)18-6-4-3-5-7-18)26(34)19-13-24(32)31(17-19)23-15-20(27)14-21(28)16-23/h3-7,14-16,19,22H,2,8-13,17H2,1H3. The molecule has 2 aliphatic rings. The number of piperidine rings is 1. The monoisotopic (exact) mass is 469 g/mol. The van der Waals surface area contributed by atoms with Crippen molar-refractivity contribution in [3.05, 3.63) is 65.7 Å². The van der Waals surface area contributed by atoms with Gasteiger partial charge in [0.05, 0.1) is 5.92 Å². The van der Waals surface area contributed by atoms with E-state index in [1.165, 1.54) is 4.90 Å². The maximum Gasteiger partial charge on any atom is 0.253 e. The van der Waals surface area contributed by atoms with E-state index >= 15 is 0 Å². The molecule has 180 valence electrons. The second-order valence-corrected chi connectivity index (χ2v) is 8.95. The van der Waals surface area contributed by atoms with Gasteiger partial charge in [-0.2, -0.15) is 0 Å². The van der Waals surface area contributed by atoms with Gasteiger partial charge in [-0.25, -0.2) is 8.78 Å². The summed E-state index contributed by atoms with van der Waals surface area (Å²) >= 11 is 0. The minimum Gasteiger partial charge on any atom is -0.339 e. The quantitative estimate of drug-likeness (QED) is 0.646. The zero-order valence-electron chi connectivity index (χ0n) is 19.3. The lowest BCUT2D eigenvalue weighted by atomic mass is 9.98.